The van der Waals surface area contributed by atoms with Gasteiger partial charge in [0.05, 0.1) is 5.56 Å². The van der Waals surface area contributed by atoms with Crippen LogP contribution < -0.4 is 0 Å². The van der Waals surface area contributed by atoms with Crippen LogP contribution in [-0.4, -0.2) is 23.2 Å². The minimum atomic E-state index is 0.0987. The summed E-state index contributed by atoms with van der Waals surface area (Å²) in [6.07, 6.45) is 3.61. The second kappa shape index (κ2) is 6.19. The molecule has 0 aromatic heterocycles. The van der Waals surface area contributed by atoms with Gasteiger partial charge in [0.25, 0.3) is 0 Å². The van der Waals surface area contributed by atoms with Crippen LogP contribution in [0.5, 0.6) is 0 Å². The number of carbonyl (C=O) groups is 1. The zero-order chi connectivity index (χ0) is 14.5. The molecule has 0 unspecified atom stereocenters. The predicted octanol–water partition coefficient (Wildman–Crippen LogP) is 3.10. The molecule has 3 rings (SSSR count). The third-order valence-corrected chi connectivity index (χ3v) is 3.45. The lowest BCUT2D eigenvalue weighted by Gasteiger charge is -1.93. The van der Waals surface area contributed by atoms with E-state index >= 15 is 0 Å². The molecule has 21 heavy (non-hydrogen) atoms. The van der Waals surface area contributed by atoms with E-state index in [2.05, 4.69) is 11.8 Å². The Morgan fingerprint density at radius 3 is 2.52 bits per heavy atom. The van der Waals surface area contributed by atoms with Gasteiger partial charge in [-0.05, 0) is 24.3 Å². The number of benzene rings is 2. The molecule has 0 radical (unpaired) electrons. The summed E-state index contributed by atoms with van der Waals surface area (Å²) in [5.74, 6) is 6.39. The number of rotatable bonds is 3. The highest BCUT2D eigenvalue weighted by atomic mass is 16.2. The smallest absolute Gasteiger partial charge is 0.214 e. The highest BCUT2D eigenvalue weighted by molar-refractivity contribution is 6.04. The molecular formula is C19H16NO+. The van der Waals surface area contributed by atoms with Crippen molar-refractivity contribution in [2.45, 2.75) is 12.8 Å². The summed E-state index contributed by atoms with van der Waals surface area (Å²) >= 11 is 0. The fraction of sp³-hybridized carbons (Fsp3) is 0.158. The Hall–Kier alpha value is -2.66. The molecule has 0 spiro atoms. The summed E-state index contributed by atoms with van der Waals surface area (Å²) in [7, 11) is 0. The van der Waals surface area contributed by atoms with E-state index in [-0.39, 0.29) is 5.91 Å². The molecule has 102 valence electrons. The molecule has 0 aliphatic carbocycles. The molecule has 0 saturated carbocycles. The van der Waals surface area contributed by atoms with E-state index in [9.17, 15) is 4.79 Å². The molecule has 1 aliphatic heterocycles. The molecule has 2 aromatic rings. The third kappa shape index (κ3) is 3.09. The van der Waals surface area contributed by atoms with Crippen molar-refractivity contribution in [3.63, 3.8) is 0 Å². The van der Waals surface area contributed by atoms with Gasteiger partial charge in [0.2, 0.25) is 0 Å². The summed E-state index contributed by atoms with van der Waals surface area (Å²) in [4.78, 5) is 12.1. The van der Waals surface area contributed by atoms with Crippen LogP contribution >= 0.6 is 0 Å². The molecule has 0 bridgehead atoms. The van der Waals surface area contributed by atoms with Gasteiger partial charge in [-0.2, -0.15) is 4.58 Å². The molecule has 0 fully saturated rings. The minimum Gasteiger partial charge on any atom is -0.214 e. The van der Waals surface area contributed by atoms with Crippen LogP contribution in [0.3, 0.4) is 0 Å². The Balaban J connectivity index is 1.54. The first-order valence-corrected chi connectivity index (χ1v) is 7.13. The minimum absolute atomic E-state index is 0.0987. The normalized spacial score (nSPS) is 12.4. The Kier molecular flexibility index (Phi) is 3.93. The lowest BCUT2D eigenvalue weighted by molar-refractivity contribution is -0.420. The molecule has 1 amide bonds. The van der Waals surface area contributed by atoms with E-state index in [1.807, 2.05) is 60.8 Å². The largest absolute Gasteiger partial charge is 0.420 e. The Labute approximate surface area is 124 Å². The van der Waals surface area contributed by atoms with E-state index in [4.69, 9.17) is 0 Å². The zero-order valence-electron chi connectivity index (χ0n) is 11.8. The summed E-state index contributed by atoms with van der Waals surface area (Å²) in [6, 6.07) is 17.7. The molecule has 2 nitrogen and oxygen atoms in total. The topological polar surface area (TPSA) is 20.1 Å². The van der Waals surface area contributed by atoms with Crippen LogP contribution in [0.15, 0.2) is 54.6 Å². The second-order valence-corrected chi connectivity index (χ2v) is 4.99. The molecule has 2 aromatic carbocycles. The van der Waals surface area contributed by atoms with Crippen molar-refractivity contribution in [3.05, 3.63) is 71.3 Å². The van der Waals surface area contributed by atoms with Crippen LogP contribution in [-0.2, 0) is 0 Å². The van der Waals surface area contributed by atoms with Crippen LogP contribution in [0.4, 0.5) is 0 Å². The van der Waals surface area contributed by atoms with Gasteiger partial charge in [-0.15, -0.1) is 0 Å². The SMILES string of the molecule is O=C1c2ccccc2C=[N+]1CCCC#Cc1ccccc1. The van der Waals surface area contributed by atoms with Gasteiger partial charge >= 0.3 is 5.91 Å². The average molecular weight is 274 g/mol. The number of amides is 1. The number of hydrogen-bond donors (Lipinski definition) is 0. The highest BCUT2D eigenvalue weighted by Crippen LogP contribution is 2.13. The zero-order valence-corrected chi connectivity index (χ0v) is 11.8. The third-order valence-electron chi connectivity index (χ3n) is 3.45. The maximum absolute atomic E-state index is 12.1. The molecule has 0 N–H and O–H groups in total. The van der Waals surface area contributed by atoms with Crippen molar-refractivity contribution in [2.24, 2.45) is 0 Å². The molecule has 1 aliphatic rings. The predicted molar refractivity (Wildman–Crippen MR) is 83.6 cm³/mol. The van der Waals surface area contributed by atoms with Crippen molar-refractivity contribution < 1.29 is 9.37 Å². The average Bonchev–Trinajstić information content (AvgIpc) is 2.85. The van der Waals surface area contributed by atoms with Crippen LogP contribution in [0, 0.1) is 11.8 Å². The summed E-state index contributed by atoms with van der Waals surface area (Å²) in [5.41, 5.74) is 2.85. The van der Waals surface area contributed by atoms with Crippen molar-refractivity contribution >= 4 is 12.1 Å². The second-order valence-electron chi connectivity index (χ2n) is 4.99. The van der Waals surface area contributed by atoms with Gasteiger partial charge in [0.1, 0.15) is 5.56 Å². The number of fused-ring (bicyclic) bond motifs is 1. The first-order valence-electron chi connectivity index (χ1n) is 7.13. The molecule has 0 atom stereocenters. The first-order chi connectivity index (χ1) is 10.3. The van der Waals surface area contributed by atoms with Gasteiger partial charge in [-0.25, -0.2) is 4.79 Å². The fourth-order valence-electron chi connectivity index (χ4n) is 2.38. The number of carbonyl (C=O) groups excluding carboxylic acids is 1. The molecule has 0 saturated heterocycles. The maximum atomic E-state index is 12.1. The fourth-order valence-corrected chi connectivity index (χ4v) is 2.38. The van der Waals surface area contributed by atoms with E-state index in [1.165, 1.54) is 0 Å². The number of unbranched alkanes of at least 4 members (excludes halogenated alkanes) is 1. The number of nitrogens with zero attached hydrogens (tertiary/aromatic N) is 1. The Morgan fingerprint density at radius 1 is 0.952 bits per heavy atom. The van der Waals surface area contributed by atoms with Gasteiger partial charge in [0, 0.05) is 18.4 Å². The first kappa shape index (κ1) is 13.3. The van der Waals surface area contributed by atoms with Crippen molar-refractivity contribution in [1.29, 1.82) is 0 Å². The molecule has 1 heterocycles. The summed E-state index contributed by atoms with van der Waals surface area (Å²) in [5, 5.41) is 0. The molecule has 2 heteroatoms. The van der Waals surface area contributed by atoms with Crippen LogP contribution in [0.2, 0.25) is 0 Å². The molecular weight excluding hydrogens is 258 g/mol. The summed E-state index contributed by atoms with van der Waals surface area (Å²) in [6.45, 7) is 0.719. The van der Waals surface area contributed by atoms with Gasteiger partial charge in [-0.3, -0.25) is 0 Å². The standard InChI is InChI=1S/C19H16NO/c21-19-18-13-7-6-12-17(18)15-20(19)14-8-2-5-11-16-9-3-1-4-10-16/h1,3-4,6-7,9-10,12-13,15H,2,8,14H2/q+1. The van der Waals surface area contributed by atoms with E-state index < -0.39 is 0 Å². The number of hydrogen-bond acceptors (Lipinski definition) is 1. The quantitative estimate of drug-likeness (QED) is 0.478. The lowest BCUT2D eigenvalue weighted by atomic mass is 10.1. The maximum Gasteiger partial charge on any atom is 0.420 e. The Morgan fingerprint density at radius 2 is 1.71 bits per heavy atom. The lowest BCUT2D eigenvalue weighted by Crippen LogP contribution is -2.17. The monoisotopic (exact) mass is 274 g/mol. The van der Waals surface area contributed by atoms with Gasteiger partial charge in [-0.1, -0.05) is 42.2 Å². The van der Waals surface area contributed by atoms with E-state index in [1.54, 1.807) is 4.58 Å². The highest BCUT2D eigenvalue weighted by Gasteiger charge is 2.29. The van der Waals surface area contributed by atoms with Gasteiger partial charge < -0.3 is 0 Å². The van der Waals surface area contributed by atoms with E-state index in [0.29, 0.717) is 0 Å². The van der Waals surface area contributed by atoms with Crippen LogP contribution in [0.25, 0.3) is 0 Å². The van der Waals surface area contributed by atoms with Crippen molar-refractivity contribution in [3.8, 4) is 11.8 Å². The summed E-state index contributed by atoms with van der Waals surface area (Å²) < 4.78 is 1.79. The van der Waals surface area contributed by atoms with Crippen LogP contribution in [0.1, 0.15) is 34.3 Å². The van der Waals surface area contributed by atoms with Crippen molar-refractivity contribution in [1.82, 2.24) is 0 Å². The van der Waals surface area contributed by atoms with Gasteiger partial charge in [0.15, 0.2) is 12.8 Å². The van der Waals surface area contributed by atoms with E-state index in [0.717, 1.165) is 36.1 Å². The Bertz CT molecular complexity index is 748. The van der Waals surface area contributed by atoms with Crippen molar-refractivity contribution in [2.75, 3.05) is 6.54 Å².